The van der Waals surface area contributed by atoms with Crippen molar-refractivity contribution in [3.05, 3.63) is 28.8 Å². The molecule has 0 radical (unpaired) electrons. The number of hydrogen-bond donors (Lipinski definition) is 2. The Kier molecular flexibility index (Phi) is 4.57. The molecule has 4 rings (SSSR count). The van der Waals surface area contributed by atoms with Gasteiger partial charge in [0, 0.05) is 54.8 Å². The number of carbonyl (C=O) groups is 1. The second kappa shape index (κ2) is 6.74. The van der Waals surface area contributed by atoms with Crippen LogP contribution in [-0.2, 0) is 4.79 Å². The van der Waals surface area contributed by atoms with Gasteiger partial charge in [-0.05, 0) is 32.0 Å². The highest BCUT2D eigenvalue weighted by Gasteiger charge is 2.46. The SMILES string of the molecule is CC(C)NC(=O)CN1CCC2(CC1)Nc1cc(Cl)ccc1C1=NCCN12. The second-order valence-electron chi connectivity index (χ2n) is 7.70. The van der Waals surface area contributed by atoms with E-state index in [4.69, 9.17) is 16.6 Å². The lowest BCUT2D eigenvalue weighted by molar-refractivity contribution is -0.123. The third-order valence-electron chi connectivity index (χ3n) is 5.45. The van der Waals surface area contributed by atoms with E-state index in [-0.39, 0.29) is 17.6 Å². The molecule has 140 valence electrons. The monoisotopic (exact) mass is 375 g/mol. The van der Waals surface area contributed by atoms with E-state index in [1.165, 1.54) is 0 Å². The van der Waals surface area contributed by atoms with Crippen LogP contribution in [0.5, 0.6) is 0 Å². The van der Waals surface area contributed by atoms with Crippen molar-refractivity contribution in [3.8, 4) is 0 Å². The predicted molar refractivity (Wildman–Crippen MR) is 105 cm³/mol. The molecule has 3 heterocycles. The van der Waals surface area contributed by atoms with Gasteiger partial charge in [-0.15, -0.1) is 0 Å². The highest BCUT2D eigenvalue weighted by molar-refractivity contribution is 6.31. The van der Waals surface area contributed by atoms with Gasteiger partial charge in [0.15, 0.2) is 0 Å². The molecule has 1 fully saturated rings. The number of rotatable bonds is 3. The standard InChI is InChI=1S/C19H26ClN5O/c1-13(2)22-17(26)12-24-8-5-19(6-9-24)23-16-11-14(20)3-4-15(16)18-21-7-10-25(18)19/h3-4,11,13,23H,5-10,12H2,1-2H3,(H,22,26). The molecule has 2 N–H and O–H groups in total. The second-order valence-corrected chi connectivity index (χ2v) is 8.14. The molecular formula is C19H26ClN5O. The molecule has 1 aromatic rings. The summed E-state index contributed by atoms with van der Waals surface area (Å²) < 4.78 is 0. The number of nitrogens with one attached hydrogen (secondary N) is 2. The number of nitrogens with zero attached hydrogens (tertiary/aromatic N) is 3. The van der Waals surface area contributed by atoms with Gasteiger partial charge >= 0.3 is 0 Å². The van der Waals surface area contributed by atoms with Gasteiger partial charge in [-0.25, -0.2) is 0 Å². The van der Waals surface area contributed by atoms with Crippen molar-refractivity contribution in [3.63, 3.8) is 0 Å². The molecular weight excluding hydrogens is 350 g/mol. The predicted octanol–water partition coefficient (Wildman–Crippen LogP) is 2.14. The van der Waals surface area contributed by atoms with Crippen LogP contribution in [-0.4, -0.2) is 66.0 Å². The Balaban J connectivity index is 1.50. The van der Waals surface area contributed by atoms with Gasteiger partial charge in [0.2, 0.25) is 5.91 Å². The molecule has 0 saturated carbocycles. The summed E-state index contributed by atoms with van der Waals surface area (Å²) in [5.74, 6) is 1.19. The lowest BCUT2D eigenvalue weighted by Crippen LogP contribution is -2.63. The molecule has 0 aliphatic carbocycles. The molecule has 0 unspecified atom stereocenters. The van der Waals surface area contributed by atoms with Crippen molar-refractivity contribution in [2.75, 3.05) is 38.0 Å². The molecule has 0 atom stereocenters. The Morgan fingerprint density at radius 2 is 2.12 bits per heavy atom. The first-order valence-corrected chi connectivity index (χ1v) is 9.77. The van der Waals surface area contributed by atoms with E-state index in [9.17, 15) is 4.79 Å². The van der Waals surface area contributed by atoms with E-state index in [1.807, 2.05) is 26.0 Å². The molecule has 1 spiro atoms. The Bertz CT molecular complexity index is 739. The van der Waals surface area contributed by atoms with Crippen LogP contribution in [0.3, 0.4) is 0 Å². The lowest BCUT2D eigenvalue weighted by atomic mass is 9.90. The number of aliphatic imine (C=N–C) groups is 1. The van der Waals surface area contributed by atoms with Crippen molar-refractivity contribution >= 4 is 29.0 Å². The molecule has 1 saturated heterocycles. The summed E-state index contributed by atoms with van der Waals surface area (Å²) in [5, 5.41) is 7.48. The van der Waals surface area contributed by atoms with E-state index in [1.54, 1.807) is 0 Å². The fourth-order valence-corrected chi connectivity index (χ4v) is 4.45. The maximum absolute atomic E-state index is 12.1. The molecule has 6 nitrogen and oxygen atoms in total. The van der Waals surface area contributed by atoms with Crippen LogP contribution >= 0.6 is 11.6 Å². The number of piperidine rings is 1. The van der Waals surface area contributed by atoms with E-state index < -0.39 is 0 Å². The first-order valence-electron chi connectivity index (χ1n) is 9.39. The van der Waals surface area contributed by atoms with Crippen LogP contribution in [0.4, 0.5) is 5.69 Å². The quantitative estimate of drug-likeness (QED) is 0.849. The summed E-state index contributed by atoms with van der Waals surface area (Å²) in [4.78, 5) is 21.5. The summed E-state index contributed by atoms with van der Waals surface area (Å²) in [6.07, 6.45) is 1.90. The number of halogens is 1. The summed E-state index contributed by atoms with van der Waals surface area (Å²) in [6.45, 7) is 8.01. The van der Waals surface area contributed by atoms with Gasteiger partial charge in [-0.3, -0.25) is 14.7 Å². The summed E-state index contributed by atoms with van der Waals surface area (Å²) >= 11 is 6.22. The van der Waals surface area contributed by atoms with Crippen LogP contribution < -0.4 is 10.6 Å². The van der Waals surface area contributed by atoms with Crippen LogP contribution in [0.1, 0.15) is 32.3 Å². The Labute approximate surface area is 159 Å². The van der Waals surface area contributed by atoms with Crippen molar-refractivity contribution in [2.45, 2.75) is 38.4 Å². The molecule has 3 aliphatic heterocycles. The van der Waals surface area contributed by atoms with E-state index in [2.05, 4.69) is 26.5 Å². The van der Waals surface area contributed by atoms with Crippen molar-refractivity contribution in [1.29, 1.82) is 0 Å². The molecule has 3 aliphatic rings. The molecule has 7 heteroatoms. The number of benzene rings is 1. The fourth-order valence-electron chi connectivity index (χ4n) is 4.27. The first-order chi connectivity index (χ1) is 12.5. The van der Waals surface area contributed by atoms with Crippen molar-refractivity contribution < 1.29 is 4.79 Å². The van der Waals surface area contributed by atoms with Gasteiger partial charge in [0.25, 0.3) is 0 Å². The zero-order valence-electron chi connectivity index (χ0n) is 15.4. The number of hydrogen-bond acceptors (Lipinski definition) is 5. The van der Waals surface area contributed by atoms with Crippen LogP contribution in [0.25, 0.3) is 0 Å². The number of fused-ring (bicyclic) bond motifs is 4. The summed E-state index contributed by atoms with van der Waals surface area (Å²) in [5.41, 5.74) is 2.08. The van der Waals surface area contributed by atoms with Crippen LogP contribution in [0.2, 0.25) is 5.02 Å². The topological polar surface area (TPSA) is 60.0 Å². The summed E-state index contributed by atoms with van der Waals surface area (Å²) in [6, 6.07) is 6.16. The number of carbonyl (C=O) groups excluding carboxylic acids is 1. The normalized spacial score (nSPS) is 21.2. The van der Waals surface area contributed by atoms with Crippen LogP contribution in [0, 0.1) is 0 Å². The van der Waals surface area contributed by atoms with Gasteiger partial charge in [0.1, 0.15) is 11.5 Å². The Morgan fingerprint density at radius 3 is 2.85 bits per heavy atom. The first kappa shape index (κ1) is 17.6. The third-order valence-corrected chi connectivity index (χ3v) is 5.68. The van der Waals surface area contributed by atoms with Crippen LogP contribution in [0.15, 0.2) is 23.2 Å². The number of likely N-dealkylation sites (tertiary alicyclic amines) is 1. The highest BCUT2D eigenvalue weighted by atomic mass is 35.5. The molecule has 1 amide bonds. The Hall–Kier alpha value is -1.79. The largest absolute Gasteiger partial charge is 0.362 e. The molecule has 0 aromatic heterocycles. The number of amides is 1. The summed E-state index contributed by atoms with van der Waals surface area (Å²) in [7, 11) is 0. The average Bonchev–Trinajstić information content (AvgIpc) is 3.07. The highest BCUT2D eigenvalue weighted by Crippen LogP contribution is 2.40. The number of anilines is 1. The zero-order chi connectivity index (χ0) is 18.3. The molecule has 26 heavy (non-hydrogen) atoms. The van der Waals surface area contributed by atoms with Gasteiger partial charge in [-0.2, -0.15) is 0 Å². The van der Waals surface area contributed by atoms with E-state index in [0.29, 0.717) is 6.54 Å². The molecule has 0 bridgehead atoms. The Morgan fingerprint density at radius 1 is 1.35 bits per heavy atom. The van der Waals surface area contributed by atoms with E-state index >= 15 is 0 Å². The van der Waals surface area contributed by atoms with Gasteiger partial charge in [0.05, 0.1) is 13.1 Å². The minimum absolute atomic E-state index is 0.105. The van der Waals surface area contributed by atoms with Crippen molar-refractivity contribution in [1.82, 2.24) is 15.1 Å². The minimum Gasteiger partial charge on any atom is -0.362 e. The maximum Gasteiger partial charge on any atom is 0.234 e. The van der Waals surface area contributed by atoms with Gasteiger partial charge in [-0.1, -0.05) is 11.6 Å². The fraction of sp³-hybridized carbons (Fsp3) is 0.579. The number of amidine groups is 1. The smallest absolute Gasteiger partial charge is 0.234 e. The lowest BCUT2D eigenvalue weighted by Gasteiger charge is -2.52. The third kappa shape index (κ3) is 3.16. The average molecular weight is 376 g/mol. The molecule has 1 aromatic carbocycles. The van der Waals surface area contributed by atoms with Gasteiger partial charge < -0.3 is 15.5 Å². The maximum atomic E-state index is 12.1. The van der Waals surface area contributed by atoms with Crippen molar-refractivity contribution in [2.24, 2.45) is 4.99 Å². The minimum atomic E-state index is -0.127. The zero-order valence-corrected chi connectivity index (χ0v) is 16.1. The van der Waals surface area contributed by atoms with E-state index in [0.717, 1.165) is 61.1 Å².